The Morgan fingerprint density at radius 3 is 2.41 bits per heavy atom. The van der Waals surface area contributed by atoms with Crippen LogP contribution in [0.1, 0.15) is 40.3 Å². The second-order valence-corrected chi connectivity index (χ2v) is 4.89. The first-order chi connectivity index (χ1) is 7.49. The predicted octanol–water partition coefficient (Wildman–Crippen LogP) is 3.89. The van der Waals surface area contributed by atoms with Gasteiger partial charge in [-0.3, -0.25) is 0 Å². The second-order valence-electron chi connectivity index (χ2n) is 4.89. The summed E-state index contributed by atoms with van der Waals surface area (Å²) in [5.41, 5.74) is 2.16. The number of hydrogen-bond acceptors (Lipinski definition) is 1. The fraction of sp³-hybridized carbons (Fsp3) is 0.429. The maximum Gasteiger partial charge on any atom is 2.00 e. The van der Waals surface area contributed by atoms with Gasteiger partial charge in [0.1, 0.15) is 0 Å². The third-order valence-electron chi connectivity index (χ3n) is 2.13. The Hall–Kier alpha value is -0.622. The van der Waals surface area contributed by atoms with Crippen LogP contribution in [-0.4, -0.2) is 9.97 Å². The van der Waals surface area contributed by atoms with Gasteiger partial charge in [0.05, 0.1) is 0 Å². The monoisotopic (exact) mass is 400 g/mol. The molecule has 0 bridgehead atoms. The number of nitrogens with zero attached hydrogens (tertiary/aromatic N) is 1. The van der Waals surface area contributed by atoms with Crippen molar-refractivity contribution >= 4 is 10.9 Å². The molecule has 0 aromatic carbocycles. The van der Waals surface area contributed by atoms with E-state index in [-0.39, 0.29) is 26.5 Å². The van der Waals surface area contributed by atoms with Crippen molar-refractivity contribution in [3.8, 4) is 0 Å². The molecule has 2 aromatic heterocycles. The van der Waals surface area contributed by atoms with Crippen molar-refractivity contribution in [2.45, 2.75) is 40.0 Å². The van der Waals surface area contributed by atoms with E-state index in [1.54, 1.807) is 0 Å². The van der Waals surface area contributed by atoms with Gasteiger partial charge < -0.3 is 16.4 Å². The average Bonchev–Trinajstić information content (AvgIpc) is 2.63. The third-order valence-corrected chi connectivity index (χ3v) is 2.13. The summed E-state index contributed by atoms with van der Waals surface area (Å²) >= 11 is 0. The van der Waals surface area contributed by atoms with E-state index in [1.165, 1.54) is 5.39 Å². The topological polar surface area (TPSA) is 28.7 Å². The van der Waals surface area contributed by atoms with Crippen LogP contribution in [0.3, 0.4) is 0 Å². The molecule has 0 aliphatic rings. The Morgan fingerprint density at radius 1 is 1.29 bits per heavy atom. The number of nitrogens with one attached hydrogen (secondary N) is 1. The van der Waals surface area contributed by atoms with E-state index in [1.807, 2.05) is 32.5 Å². The Balaban J connectivity index is 0.000000583. The summed E-state index contributed by atoms with van der Waals surface area (Å²) in [6.07, 6.45) is 6.91. The molecule has 1 N–H and O–H groups in total. The number of pyridine rings is 1. The number of hydrogen-bond donors (Lipinski definition) is 1. The summed E-state index contributed by atoms with van der Waals surface area (Å²) in [5.74, 6) is 0. The SMILES string of the molecule is CC(C)(C)c1cc2cc[nH]c2[c-]n1.C[CH-]C.[W+2]. The molecule has 0 saturated carbocycles. The molecule has 0 unspecified atom stereocenters. The van der Waals surface area contributed by atoms with Crippen LogP contribution in [0.15, 0.2) is 18.3 Å². The molecule has 2 nitrogen and oxygen atoms in total. The molecule has 0 atom stereocenters. The molecule has 17 heavy (non-hydrogen) atoms. The summed E-state index contributed by atoms with van der Waals surface area (Å²) in [6, 6.07) is 4.16. The molecule has 0 fully saturated rings. The fourth-order valence-electron chi connectivity index (χ4n) is 1.28. The van der Waals surface area contributed by atoms with Crippen molar-refractivity contribution in [3.05, 3.63) is 36.6 Å². The molecule has 2 heterocycles. The van der Waals surface area contributed by atoms with Crippen molar-refractivity contribution < 1.29 is 21.1 Å². The van der Waals surface area contributed by atoms with E-state index in [0.717, 1.165) is 11.2 Å². The van der Waals surface area contributed by atoms with Gasteiger partial charge >= 0.3 is 21.1 Å². The van der Waals surface area contributed by atoms with Crippen LogP contribution in [0.25, 0.3) is 10.9 Å². The first-order valence-electron chi connectivity index (χ1n) is 5.59. The molecule has 0 aliphatic carbocycles. The van der Waals surface area contributed by atoms with Crippen LogP contribution in [-0.2, 0) is 26.5 Å². The molecule has 0 spiro atoms. The standard InChI is InChI=1S/C11H13N2.C3H7.W/c1-11(2,3)10-6-8-4-5-12-9(8)7-13-10;1-3-2;/h4-6,12H,1-3H3;3H,1-2H3;/q2*-1;+2. The zero-order chi connectivity index (χ0) is 12.2. The van der Waals surface area contributed by atoms with E-state index in [9.17, 15) is 0 Å². The minimum atomic E-state index is 0. The van der Waals surface area contributed by atoms with Crippen LogP contribution < -0.4 is 0 Å². The first kappa shape index (κ1) is 16.4. The van der Waals surface area contributed by atoms with Gasteiger partial charge in [0, 0.05) is 0 Å². The normalized spacial score (nSPS) is 10.4. The van der Waals surface area contributed by atoms with E-state index in [0.29, 0.717) is 0 Å². The van der Waals surface area contributed by atoms with Crippen molar-refractivity contribution in [1.29, 1.82) is 0 Å². The molecule has 0 radical (unpaired) electrons. The second kappa shape index (κ2) is 6.96. The minimum absolute atomic E-state index is 0. The Bertz CT molecular complexity index is 441. The Kier molecular flexibility index (Phi) is 6.70. The van der Waals surface area contributed by atoms with Gasteiger partial charge in [0.2, 0.25) is 0 Å². The van der Waals surface area contributed by atoms with Crippen LogP contribution in [0.5, 0.6) is 0 Å². The summed E-state index contributed by atoms with van der Waals surface area (Å²) in [6.45, 7) is 10.5. The summed E-state index contributed by atoms with van der Waals surface area (Å²) in [5, 5.41) is 1.18. The van der Waals surface area contributed by atoms with Gasteiger partial charge in [-0.1, -0.05) is 44.2 Å². The van der Waals surface area contributed by atoms with Crippen molar-refractivity contribution in [3.63, 3.8) is 0 Å². The number of aromatic nitrogens is 2. The van der Waals surface area contributed by atoms with Gasteiger partial charge in [-0.05, 0) is 11.6 Å². The number of aromatic amines is 1. The molecule has 92 valence electrons. The zero-order valence-corrected chi connectivity index (χ0v) is 14.1. The molecular formula is C14H20N2W. The largest absolute Gasteiger partial charge is 2.00 e. The molecule has 0 saturated heterocycles. The van der Waals surface area contributed by atoms with Crippen LogP contribution >= 0.6 is 0 Å². The zero-order valence-electron chi connectivity index (χ0n) is 11.2. The van der Waals surface area contributed by atoms with Crippen LogP contribution in [0.2, 0.25) is 0 Å². The van der Waals surface area contributed by atoms with Crippen LogP contribution in [0, 0.1) is 12.6 Å². The number of fused-ring (bicyclic) bond motifs is 1. The van der Waals surface area contributed by atoms with Gasteiger partial charge in [-0.2, -0.15) is 13.8 Å². The number of H-pyrrole nitrogens is 1. The van der Waals surface area contributed by atoms with Gasteiger partial charge in [0.15, 0.2) is 0 Å². The first-order valence-corrected chi connectivity index (χ1v) is 5.59. The quantitative estimate of drug-likeness (QED) is 0.669. The maximum absolute atomic E-state index is 4.29. The molecule has 3 heteroatoms. The van der Waals surface area contributed by atoms with Crippen molar-refractivity contribution in [1.82, 2.24) is 9.97 Å². The van der Waals surface area contributed by atoms with Gasteiger partial charge in [0.25, 0.3) is 0 Å². The van der Waals surface area contributed by atoms with Crippen LogP contribution in [0.4, 0.5) is 0 Å². The van der Waals surface area contributed by atoms with E-state index >= 15 is 0 Å². The summed E-state index contributed by atoms with van der Waals surface area (Å²) in [7, 11) is 0. The number of rotatable bonds is 0. The molecule has 0 aliphatic heterocycles. The van der Waals surface area contributed by atoms with Gasteiger partial charge in [-0.15, -0.1) is 11.5 Å². The fourth-order valence-corrected chi connectivity index (χ4v) is 1.28. The van der Waals surface area contributed by atoms with Crippen molar-refractivity contribution in [2.75, 3.05) is 0 Å². The molecule has 2 rings (SSSR count). The van der Waals surface area contributed by atoms with E-state index in [2.05, 4.69) is 43.0 Å². The molecular weight excluding hydrogens is 380 g/mol. The van der Waals surface area contributed by atoms with E-state index < -0.39 is 0 Å². The van der Waals surface area contributed by atoms with E-state index in [4.69, 9.17) is 0 Å². The van der Waals surface area contributed by atoms with Crippen molar-refractivity contribution in [2.24, 2.45) is 0 Å². The molecule has 0 amide bonds. The minimum Gasteiger partial charge on any atom is -0.388 e. The Labute approximate surface area is 118 Å². The van der Waals surface area contributed by atoms with Gasteiger partial charge in [-0.25, -0.2) is 0 Å². The summed E-state index contributed by atoms with van der Waals surface area (Å²) in [4.78, 5) is 7.37. The third kappa shape index (κ3) is 4.63. The predicted molar refractivity (Wildman–Crippen MR) is 69.3 cm³/mol. The molecule has 2 aromatic rings. The smallest absolute Gasteiger partial charge is 0.388 e. The Morgan fingerprint density at radius 2 is 1.88 bits per heavy atom. The maximum atomic E-state index is 4.29. The summed E-state index contributed by atoms with van der Waals surface area (Å²) < 4.78 is 0. The average molecular weight is 400 g/mol.